The molecule has 1 aliphatic carbocycles. The van der Waals surface area contributed by atoms with E-state index in [0.717, 1.165) is 28.3 Å². The number of carbonyl (C=O) groups excluding carboxylic acids is 2. The Morgan fingerprint density at radius 3 is 2.59 bits per heavy atom. The number of fused-ring (bicyclic) bond motifs is 1. The molecule has 0 amide bonds. The number of nitrogens with one attached hydrogen (secondary N) is 2. The van der Waals surface area contributed by atoms with Crippen molar-refractivity contribution >= 4 is 23.1 Å². The molecule has 136 valence electrons. The number of carbonyl (C=O) groups is 2. The van der Waals surface area contributed by atoms with E-state index in [9.17, 15) is 9.59 Å². The van der Waals surface area contributed by atoms with E-state index in [0.29, 0.717) is 12.0 Å². The molecule has 0 saturated carbocycles. The average molecular weight is 361 g/mol. The van der Waals surface area contributed by atoms with Crippen LogP contribution < -0.4 is 5.32 Å². The largest absolute Gasteiger partial charge is 0.469 e. The number of para-hydroxylation sites is 1. The third-order valence-electron chi connectivity index (χ3n) is 4.79. The zero-order chi connectivity index (χ0) is 18.8. The van der Waals surface area contributed by atoms with Crippen LogP contribution in [0.15, 0.2) is 54.9 Å². The zero-order valence-electron chi connectivity index (χ0n) is 14.9. The monoisotopic (exact) mass is 361 g/mol. The van der Waals surface area contributed by atoms with E-state index in [1.54, 1.807) is 12.4 Å². The summed E-state index contributed by atoms with van der Waals surface area (Å²) >= 11 is 0. The van der Waals surface area contributed by atoms with E-state index in [1.807, 2.05) is 42.5 Å². The third kappa shape index (κ3) is 3.21. The maximum atomic E-state index is 12.9. The number of nitrogens with zero attached hydrogens (tertiary/aromatic N) is 1. The summed E-state index contributed by atoms with van der Waals surface area (Å²) in [5.74, 6) is -0.878. The third-order valence-corrected chi connectivity index (χ3v) is 4.79. The van der Waals surface area contributed by atoms with Gasteiger partial charge in [0.15, 0.2) is 5.78 Å². The predicted octanol–water partition coefficient (Wildman–Crippen LogP) is 3.74. The summed E-state index contributed by atoms with van der Waals surface area (Å²) in [6.45, 7) is 0. The second-order valence-electron chi connectivity index (χ2n) is 6.51. The molecule has 1 aromatic carbocycles. The fourth-order valence-corrected chi connectivity index (χ4v) is 3.52. The summed E-state index contributed by atoms with van der Waals surface area (Å²) in [4.78, 5) is 32.3. The lowest BCUT2D eigenvalue weighted by atomic mass is 9.86. The highest BCUT2D eigenvalue weighted by atomic mass is 16.5. The standard InChI is InChI=1S/C21H19N3O3/c1-27-21(26)14-11-16-18(17(25)12-14)20(23-15-5-3-2-4-6-15)19(24-16)13-7-9-22-10-8-13/h2-10,14,23-24H,11-12H2,1H3. The number of aromatic nitrogens is 2. The SMILES string of the molecule is COC(=O)C1CC(=O)c2c([nH]c(-c3ccncc3)c2Nc2ccccc2)C1. The summed E-state index contributed by atoms with van der Waals surface area (Å²) in [5, 5.41) is 3.38. The number of ketones is 1. The van der Waals surface area contributed by atoms with Crippen molar-refractivity contribution in [3.8, 4) is 11.3 Å². The smallest absolute Gasteiger partial charge is 0.309 e. The second-order valence-corrected chi connectivity index (χ2v) is 6.51. The van der Waals surface area contributed by atoms with Crippen molar-refractivity contribution < 1.29 is 14.3 Å². The van der Waals surface area contributed by atoms with E-state index in [-0.39, 0.29) is 18.2 Å². The van der Waals surface area contributed by atoms with E-state index in [4.69, 9.17) is 4.74 Å². The molecular formula is C21H19N3O3. The van der Waals surface area contributed by atoms with Crippen LogP contribution in [0.25, 0.3) is 11.3 Å². The predicted molar refractivity (Wildman–Crippen MR) is 102 cm³/mol. The summed E-state index contributed by atoms with van der Waals surface area (Å²) in [6.07, 6.45) is 4.01. The Balaban J connectivity index is 1.82. The number of hydrogen-bond acceptors (Lipinski definition) is 5. The molecule has 2 N–H and O–H groups in total. The number of Topliss-reactive ketones (excluding diaryl/α,β-unsaturated/α-hetero) is 1. The minimum absolute atomic E-state index is 0.0679. The van der Waals surface area contributed by atoms with Crippen LogP contribution in [-0.4, -0.2) is 28.8 Å². The quantitative estimate of drug-likeness (QED) is 0.692. The van der Waals surface area contributed by atoms with Crippen molar-refractivity contribution in [1.29, 1.82) is 0 Å². The first-order valence-electron chi connectivity index (χ1n) is 8.75. The van der Waals surface area contributed by atoms with Crippen LogP contribution in [0.3, 0.4) is 0 Å². The molecule has 0 radical (unpaired) electrons. The lowest BCUT2D eigenvalue weighted by Crippen LogP contribution is -2.27. The van der Waals surface area contributed by atoms with Crippen LogP contribution >= 0.6 is 0 Å². The van der Waals surface area contributed by atoms with Crippen LogP contribution in [0.4, 0.5) is 11.4 Å². The Morgan fingerprint density at radius 2 is 1.89 bits per heavy atom. The van der Waals surface area contributed by atoms with Crippen LogP contribution in [0, 0.1) is 5.92 Å². The van der Waals surface area contributed by atoms with E-state index >= 15 is 0 Å². The molecule has 0 saturated heterocycles. The number of pyridine rings is 1. The molecule has 1 unspecified atom stereocenters. The van der Waals surface area contributed by atoms with E-state index in [2.05, 4.69) is 15.3 Å². The van der Waals surface area contributed by atoms with Gasteiger partial charge in [-0.1, -0.05) is 18.2 Å². The van der Waals surface area contributed by atoms with Gasteiger partial charge in [-0.15, -0.1) is 0 Å². The van der Waals surface area contributed by atoms with Crippen LogP contribution in [0.2, 0.25) is 0 Å². The topological polar surface area (TPSA) is 84.1 Å². The fourth-order valence-electron chi connectivity index (χ4n) is 3.52. The molecule has 2 heterocycles. The van der Waals surface area contributed by atoms with Gasteiger partial charge in [-0.3, -0.25) is 14.6 Å². The van der Waals surface area contributed by atoms with Gasteiger partial charge in [0.2, 0.25) is 0 Å². The second kappa shape index (κ2) is 7.07. The maximum Gasteiger partial charge on any atom is 0.309 e. The summed E-state index contributed by atoms with van der Waals surface area (Å²) < 4.78 is 4.84. The normalized spacial score (nSPS) is 15.9. The minimum Gasteiger partial charge on any atom is -0.469 e. The number of rotatable bonds is 4. The molecule has 1 aliphatic rings. The molecule has 0 bridgehead atoms. The number of hydrogen-bond donors (Lipinski definition) is 2. The highest BCUT2D eigenvalue weighted by Gasteiger charge is 2.35. The molecule has 2 aromatic heterocycles. The van der Waals surface area contributed by atoms with Crippen molar-refractivity contribution in [2.45, 2.75) is 12.8 Å². The van der Waals surface area contributed by atoms with Crippen molar-refractivity contribution in [1.82, 2.24) is 9.97 Å². The number of methoxy groups -OCH3 is 1. The highest BCUT2D eigenvalue weighted by molar-refractivity contribution is 6.08. The molecule has 0 spiro atoms. The summed E-state index contributed by atoms with van der Waals surface area (Å²) in [6, 6.07) is 13.5. The van der Waals surface area contributed by atoms with Gasteiger partial charge < -0.3 is 15.0 Å². The molecule has 1 atom stereocenters. The van der Waals surface area contributed by atoms with Gasteiger partial charge in [0.25, 0.3) is 0 Å². The Bertz CT molecular complexity index is 981. The first kappa shape index (κ1) is 17.0. The van der Waals surface area contributed by atoms with Crippen molar-refractivity contribution in [3.05, 3.63) is 66.1 Å². The molecule has 6 heteroatoms. The number of H-pyrrole nitrogens is 1. The van der Waals surface area contributed by atoms with Gasteiger partial charge in [0, 0.05) is 42.2 Å². The summed E-state index contributed by atoms with van der Waals surface area (Å²) in [5.41, 5.74) is 4.72. The number of benzene rings is 1. The lowest BCUT2D eigenvalue weighted by Gasteiger charge is -2.20. The van der Waals surface area contributed by atoms with Gasteiger partial charge in [0.05, 0.1) is 30.0 Å². The molecule has 0 aliphatic heterocycles. The molecule has 27 heavy (non-hydrogen) atoms. The first-order valence-corrected chi connectivity index (χ1v) is 8.75. The maximum absolute atomic E-state index is 12.9. The van der Waals surface area contributed by atoms with Crippen molar-refractivity contribution in [2.75, 3.05) is 12.4 Å². The molecule has 3 aromatic rings. The Hall–Kier alpha value is -3.41. The molecular weight excluding hydrogens is 342 g/mol. The molecule has 4 rings (SSSR count). The molecule has 0 fully saturated rings. The average Bonchev–Trinajstić information content (AvgIpc) is 3.07. The highest BCUT2D eigenvalue weighted by Crippen LogP contribution is 2.39. The Morgan fingerprint density at radius 1 is 1.15 bits per heavy atom. The van der Waals surface area contributed by atoms with E-state index < -0.39 is 5.92 Å². The van der Waals surface area contributed by atoms with Gasteiger partial charge >= 0.3 is 5.97 Å². The fraction of sp³-hybridized carbons (Fsp3) is 0.190. The van der Waals surface area contributed by atoms with Gasteiger partial charge in [0.1, 0.15) is 0 Å². The minimum atomic E-state index is -0.455. The van der Waals surface area contributed by atoms with Crippen molar-refractivity contribution in [3.63, 3.8) is 0 Å². The summed E-state index contributed by atoms with van der Waals surface area (Å²) in [7, 11) is 1.35. The zero-order valence-corrected chi connectivity index (χ0v) is 14.9. The van der Waals surface area contributed by atoms with E-state index in [1.165, 1.54) is 7.11 Å². The van der Waals surface area contributed by atoms with Crippen molar-refractivity contribution in [2.24, 2.45) is 5.92 Å². The Kier molecular flexibility index (Phi) is 4.46. The number of esters is 1. The van der Waals surface area contributed by atoms with Crippen LogP contribution in [-0.2, 0) is 16.0 Å². The van der Waals surface area contributed by atoms with Gasteiger partial charge in [-0.2, -0.15) is 0 Å². The van der Waals surface area contributed by atoms with Gasteiger partial charge in [-0.05, 0) is 24.3 Å². The first-order chi connectivity index (χ1) is 13.2. The van der Waals surface area contributed by atoms with Crippen LogP contribution in [0.5, 0.6) is 0 Å². The van der Waals surface area contributed by atoms with Gasteiger partial charge in [-0.25, -0.2) is 0 Å². The molecule has 6 nitrogen and oxygen atoms in total. The van der Waals surface area contributed by atoms with Crippen LogP contribution in [0.1, 0.15) is 22.5 Å². The lowest BCUT2D eigenvalue weighted by molar-refractivity contribution is -0.145. The Labute approximate surface area is 156 Å². The number of aromatic amines is 1. The number of ether oxygens (including phenoxy) is 1. The number of anilines is 2.